The van der Waals surface area contributed by atoms with Crippen LogP contribution in [0.4, 0.5) is 0 Å². The quantitative estimate of drug-likeness (QED) is 0.748. The Bertz CT molecular complexity index is 373. The van der Waals surface area contributed by atoms with Gasteiger partial charge in [-0.1, -0.05) is 6.92 Å². The lowest BCUT2D eigenvalue weighted by molar-refractivity contribution is 0.101. The maximum absolute atomic E-state index is 11.0. The van der Waals surface area contributed by atoms with Gasteiger partial charge in [-0.05, 0) is 25.5 Å². The van der Waals surface area contributed by atoms with E-state index in [4.69, 9.17) is 4.74 Å². The van der Waals surface area contributed by atoms with Crippen molar-refractivity contribution < 1.29 is 19.7 Å². The van der Waals surface area contributed by atoms with Gasteiger partial charge in [-0.3, -0.25) is 4.79 Å². The molecule has 0 bridgehead atoms. The van der Waals surface area contributed by atoms with Gasteiger partial charge in [0, 0.05) is 6.07 Å². The molecule has 88 valence electrons. The molecule has 1 aromatic rings. The second kappa shape index (κ2) is 5.51. The molecule has 0 aliphatic rings. The van der Waals surface area contributed by atoms with Crippen molar-refractivity contribution in [3.63, 3.8) is 0 Å². The number of Topliss-reactive ketones (excluding diaryl/α,β-unsaturated/α-hetero) is 1. The van der Waals surface area contributed by atoms with Crippen molar-refractivity contribution >= 4 is 5.78 Å². The zero-order chi connectivity index (χ0) is 12.1. The Balaban J connectivity index is 2.70. The van der Waals surface area contributed by atoms with E-state index in [0.717, 1.165) is 0 Å². The van der Waals surface area contributed by atoms with Crippen molar-refractivity contribution in [2.75, 3.05) is 6.61 Å². The summed E-state index contributed by atoms with van der Waals surface area (Å²) in [5.41, 5.74) is 0.267. The fourth-order valence-electron chi connectivity index (χ4n) is 1.21. The molecule has 1 rings (SSSR count). The van der Waals surface area contributed by atoms with E-state index in [1.54, 1.807) is 6.07 Å². The SMILES string of the molecule is CC[C@H](O)COc1ccc(C(C)=O)c(O)c1. The summed E-state index contributed by atoms with van der Waals surface area (Å²) in [6.07, 6.45) is 0.0898. The predicted molar refractivity (Wildman–Crippen MR) is 59.9 cm³/mol. The Morgan fingerprint density at radius 3 is 2.69 bits per heavy atom. The molecular weight excluding hydrogens is 208 g/mol. The van der Waals surface area contributed by atoms with Gasteiger partial charge in [0.2, 0.25) is 0 Å². The highest BCUT2D eigenvalue weighted by Crippen LogP contribution is 2.24. The summed E-state index contributed by atoms with van der Waals surface area (Å²) >= 11 is 0. The van der Waals surface area contributed by atoms with Gasteiger partial charge in [-0.25, -0.2) is 0 Å². The number of phenols is 1. The van der Waals surface area contributed by atoms with Crippen LogP contribution in [0.5, 0.6) is 11.5 Å². The Kier molecular flexibility index (Phi) is 4.31. The van der Waals surface area contributed by atoms with Gasteiger partial charge >= 0.3 is 0 Å². The number of carbonyl (C=O) groups excluding carboxylic acids is 1. The maximum Gasteiger partial charge on any atom is 0.163 e. The Morgan fingerprint density at radius 2 is 2.19 bits per heavy atom. The van der Waals surface area contributed by atoms with Crippen LogP contribution in [-0.4, -0.2) is 28.7 Å². The standard InChI is InChI=1S/C12H16O4/c1-3-9(14)7-16-10-4-5-11(8(2)13)12(15)6-10/h4-6,9,14-15H,3,7H2,1-2H3/t9-/m0/s1. The summed E-state index contributed by atoms with van der Waals surface area (Å²) in [4.78, 5) is 11.0. The second-order valence-electron chi connectivity index (χ2n) is 3.61. The average molecular weight is 224 g/mol. The molecule has 0 radical (unpaired) electrons. The van der Waals surface area contributed by atoms with Crippen molar-refractivity contribution in [2.24, 2.45) is 0 Å². The lowest BCUT2D eigenvalue weighted by Gasteiger charge is -2.11. The minimum atomic E-state index is -0.519. The number of rotatable bonds is 5. The van der Waals surface area contributed by atoms with Crippen molar-refractivity contribution in [3.05, 3.63) is 23.8 Å². The zero-order valence-corrected chi connectivity index (χ0v) is 9.43. The molecule has 0 amide bonds. The van der Waals surface area contributed by atoms with Crippen LogP contribution in [-0.2, 0) is 0 Å². The second-order valence-corrected chi connectivity index (χ2v) is 3.61. The summed E-state index contributed by atoms with van der Waals surface area (Å²) in [7, 11) is 0. The van der Waals surface area contributed by atoms with E-state index in [1.807, 2.05) is 6.92 Å². The number of ether oxygens (including phenoxy) is 1. The molecule has 2 N–H and O–H groups in total. The van der Waals surface area contributed by atoms with Crippen LogP contribution in [0.3, 0.4) is 0 Å². The average Bonchev–Trinajstić information content (AvgIpc) is 2.25. The van der Waals surface area contributed by atoms with Crippen LogP contribution in [0.1, 0.15) is 30.6 Å². The Morgan fingerprint density at radius 1 is 1.50 bits per heavy atom. The molecule has 0 unspecified atom stereocenters. The van der Waals surface area contributed by atoms with Crippen molar-refractivity contribution in [2.45, 2.75) is 26.4 Å². The first-order valence-corrected chi connectivity index (χ1v) is 5.19. The molecule has 1 aromatic carbocycles. The molecule has 0 spiro atoms. The molecule has 4 heteroatoms. The lowest BCUT2D eigenvalue weighted by Crippen LogP contribution is -2.15. The molecule has 0 saturated carbocycles. The molecule has 1 atom stereocenters. The van der Waals surface area contributed by atoms with E-state index in [0.29, 0.717) is 12.2 Å². The van der Waals surface area contributed by atoms with Crippen LogP contribution in [0, 0.1) is 0 Å². The van der Waals surface area contributed by atoms with Crippen molar-refractivity contribution in [1.82, 2.24) is 0 Å². The van der Waals surface area contributed by atoms with Gasteiger partial charge in [0.05, 0.1) is 11.7 Å². The number of benzene rings is 1. The third-order valence-electron chi connectivity index (χ3n) is 2.26. The summed E-state index contributed by atoms with van der Waals surface area (Å²) in [5.74, 6) is 0.142. The normalized spacial score (nSPS) is 12.2. The first-order chi connectivity index (χ1) is 7.54. The molecule has 0 heterocycles. The van der Waals surface area contributed by atoms with Gasteiger partial charge in [0.1, 0.15) is 18.1 Å². The molecular formula is C12H16O4. The highest BCUT2D eigenvalue weighted by Gasteiger charge is 2.08. The number of phenolic OH excluding ortho intramolecular Hbond substituents is 1. The molecule has 0 aromatic heterocycles. The van der Waals surface area contributed by atoms with Gasteiger partial charge in [0.25, 0.3) is 0 Å². The van der Waals surface area contributed by atoms with Crippen LogP contribution >= 0.6 is 0 Å². The number of carbonyl (C=O) groups is 1. The summed E-state index contributed by atoms with van der Waals surface area (Å²) < 4.78 is 5.25. The van der Waals surface area contributed by atoms with E-state index in [-0.39, 0.29) is 23.7 Å². The van der Waals surface area contributed by atoms with Crippen molar-refractivity contribution in [1.29, 1.82) is 0 Å². The van der Waals surface area contributed by atoms with E-state index >= 15 is 0 Å². The largest absolute Gasteiger partial charge is 0.507 e. The zero-order valence-electron chi connectivity index (χ0n) is 9.43. The van der Waals surface area contributed by atoms with Crippen molar-refractivity contribution in [3.8, 4) is 11.5 Å². The third kappa shape index (κ3) is 3.24. The number of aromatic hydroxyl groups is 1. The molecule has 0 fully saturated rings. The van der Waals surface area contributed by atoms with E-state index in [9.17, 15) is 15.0 Å². The summed E-state index contributed by atoms with van der Waals surface area (Å²) in [6.45, 7) is 3.41. The fourth-order valence-corrected chi connectivity index (χ4v) is 1.21. The number of ketones is 1. The predicted octanol–water partition coefficient (Wildman–Crippen LogP) is 1.74. The van der Waals surface area contributed by atoms with Gasteiger partial charge in [0.15, 0.2) is 5.78 Å². The highest BCUT2D eigenvalue weighted by molar-refractivity contribution is 5.96. The first-order valence-electron chi connectivity index (χ1n) is 5.19. The fraction of sp³-hybridized carbons (Fsp3) is 0.417. The van der Waals surface area contributed by atoms with E-state index < -0.39 is 6.10 Å². The van der Waals surface area contributed by atoms with E-state index in [2.05, 4.69) is 0 Å². The van der Waals surface area contributed by atoms with E-state index in [1.165, 1.54) is 19.1 Å². The minimum absolute atomic E-state index is 0.101. The van der Waals surface area contributed by atoms with Crippen LogP contribution in [0.15, 0.2) is 18.2 Å². The molecule has 16 heavy (non-hydrogen) atoms. The molecule has 4 nitrogen and oxygen atoms in total. The number of hydrogen-bond donors (Lipinski definition) is 2. The van der Waals surface area contributed by atoms with Gasteiger partial charge in [-0.2, -0.15) is 0 Å². The third-order valence-corrected chi connectivity index (χ3v) is 2.26. The topological polar surface area (TPSA) is 66.8 Å². The van der Waals surface area contributed by atoms with Crippen LogP contribution < -0.4 is 4.74 Å². The van der Waals surface area contributed by atoms with Gasteiger partial charge < -0.3 is 14.9 Å². The molecule has 0 saturated heterocycles. The number of hydrogen-bond acceptors (Lipinski definition) is 4. The monoisotopic (exact) mass is 224 g/mol. The number of aliphatic hydroxyl groups is 1. The molecule has 0 aliphatic heterocycles. The molecule has 0 aliphatic carbocycles. The maximum atomic E-state index is 11.0. The first kappa shape index (κ1) is 12.5. The number of aliphatic hydroxyl groups excluding tert-OH is 1. The van der Waals surface area contributed by atoms with Crippen LogP contribution in [0.2, 0.25) is 0 Å². The Labute approximate surface area is 94.5 Å². The Hall–Kier alpha value is -1.55. The highest BCUT2D eigenvalue weighted by atomic mass is 16.5. The van der Waals surface area contributed by atoms with Crippen LogP contribution in [0.25, 0.3) is 0 Å². The smallest absolute Gasteiger partial charge is 0.163 e. The summed E-state index contributed by atoms with van der Waals surface area (Å²) in [5, 5.41) is 18.8. The van der Waals surface area contributed by atoms with Gasteiger partial charge in [-0.15, -0.1) is 0 Å². The lowest BCUT2D eigenvalue weighted by atomic mass is 10.1. The summed E-state index contributed by atoms with van der Waals surface area (Å²) in [6, 6.07) is 4.48. The minimum Gasteiger partial charge on any atom is -0.507 e.